The molecule has 52 valence electrons. The minimum Gasteiger partial charge on any atom is -0.293 e. The number of nitro groups is 1. The zero-order valence-electron chi connectivity index (χ0n) is 4.95. The van der Waals surface area contributed by atoms with Gasteiger partial charge >= 0.3 is 0 Å². The van der Waals surface area contributed by atoms with Crippen LogP contribution in [0.5, 0.6) is 0 Å². The van der Waals surface area contributed by atoms with Crippen LogP contribution < -0.4 is 0 Å². The van der Waals surface area contributed by atoms with Crippen molar-refractivity contribution in [2.24, 2.45) is 0 Å². The van der Waals surface area contributed by atoms with Gasteiger partial charge in [-0.1, -0.05) is 0 Å². The first-order valence-electron chi connectivity index (χ1n) is 2.79. The van der Waals surface area contributed by atoms with E-state index in [0.29, 0.717) is 13.2 Å². The zero-order valence-corrected chi connectivity index (χ0v) is 4.95. The van der Waals surface area contributed by atoms with E-state index in [0.717, 1.165) is 6.42 Å². The van der Waals surface area contributed by atoms with E-state index >= 15 is 0 Å². The minimum atomic E-state index is -0.397. The number of nitrogens with zero attached hydrogens (tertiary/aromatic N) is 2. The summed E-state index contributed by atoms with van der Waals surface area (Å²) in [6.07, 6.45) is 0.897. The maximum Gasteiger partial charge on any atom is 0.280 e. The molecule has 0 radical (unpaired) electrons. The largest absolute Gasteiger partial charge is 0.293 e. The molecular weight excluding hydrogens is 124 g/mol. The van der Waals surface area contributed by atoms with Crippen molar-refractivity contribution in [3.63, 3.8) is 0 Å². The van der Waals surface area contributed by atoms with Crippen LogP contribution in [0.15, 0.2) is 0 Å². The predicted molar refractivity (Wildman–Crippen MR) is 29.1 cm³/mol. The van der Waals surface area contributed by atoms with E-state index in [4.69, 9.17) is 4.84 Å². The van der Waals surface area contributed by atoms with Crippen LogP contribution in [0.4, 0.5) is 0 Å². The predicted octanol–water partition coefficient (Wildman–Crippen LogP) is -0.142. The summed E-state index contributed by atoms with van der Waals surface area (Å²) in [7, 11) is 0. The van der Waals surface area contributed by atoms with Crippen LogP contribution in [0.2, 0.25) is 0 Å². The molecule has 1 aliphatic heterocycles. The lowest BCUT2D eigenvalue weighted by Gasteiger charge is -2.05. The topological polar surface area (TPSA) is 55.6 Å². The molecule has 0 aromatic heterocycles. The molecule has 0 N–H and O–H groups in total. The summed E-state index contributed by atoms with van der Waals surface area (Å²) in [6.45, 7) is 1.11. The smallest absolute Gasteiger partial charge is 0.280 e. The molecule has 1 saturated heterocycles. The van der Waals surface area contributed by atoms with Gasteiger partial charge in [-0.05, 0) is 6.42 Å². The van der Waals surface area contributed by atoms with Gasteiger partial charge in [0, 0.05) is 11.5 Å². The molecule has 5 nitrogen and oxygen atoms in total. The molecular formula is C4H8N2O3. The van der Waals surface area contributed by atoms with Crippen LogP contribution >= 0.6 is 0 Å². The molecule has 9 heavy (non-hydrogen) atoms. The van der Waals surface area contributed by atoms with Gasteiger partial charge < -0.3 is 0 Å². The van der Waals surface area contributed by atoms with Gasteiger partial charge in [0.25, 0.3) is 6.67 Å². The molecule has 0 bridgehead atoms. The normalized spacial score (nSPS) is 20.4. The van der Waals surface area contributed by atoms with E-state index < -0.39 is 4.92 Å². The van der Waals surface area contributed by atoms with Crippen LogP contribution in [0.25, 0.3) is 0 Å². The second kappa shape index (κ2) is 2.75. The van der Waals surface area contributed by atoms with Crippen molar-refractivity contribution in [2.75, 3.05) is 19.8 Å². The third-order valence-corrected chi connectivity index (χ3v) is 1.10. The maximum absolute atomic E-state index is 9.84. The molecule has 0 unspecified atom stereocenters. The Morgan fingerprint density at radius 2 is 2.56 bits per heavy atom. The molecule has 0 spiro atoms. The third-order valence-electron chi connectivity index (χ3n) is 1.10. The van der Waals surface area contributed by atoms with Gasteiger partial charge in [0.2, 0.25) is 0 Å². The van der Waals surface area contributed by atoms with E-state index in [2.05, 4.69) is 0 Å². The van der Waals surface area contributed by atoms with Crippen molar-refractivity contribution in [3.05, 3.63) is 10.1 Å². The average Bonchev–Trinajstić information content (AvgIpc) is 2.15. The molecule has 1 fully saturated rings. The second-order valence-electron chi connectivity index (χ2n) is 1.87. The van der Waals surface area contributed by atoms with Crippen molar-refractivity contribution in [2.45, 2.75) is 6.42 Å². The summed E-state index contributed by atoms with van der Waals surface area (Å²) in [6, 6.07) is 0. The summed E-state index contributed by atoms with van der Waals surface area (Å²) in [5.41, 5.74) is 0. The van der Waals surface area contributed by atoms with Crippen LogP contribution in [-0.4, -0.2) is 29.8 Å². The first-order valence-corrected chi connectivity index (χ1v) is 2.79. The summed E-state index contributed by atoms with van der Waals surface area (Å²) in [4.78, 5) is 14.3. The van der Waals surface area contributed by atoms with E-state index in [-0.39, 0.29) is 6.67 Å². The Morgan fingerprint density at radius 3 is 3.00 bits per heavy atom. The minimum absolute atomic E-state index is 0.194. The molecule has 1 heterocycles. The van der Waals surface area contributed by atoms with Crippen molar-refractivity contribution in [1.29, 1.82) is 0 Å². The summed E-state index contributed by atoms with van der Waals surface area (Å²) in [5.74, 6) is 0. The lowest BCUT2D eigenvalue weighted by molar-refractivity contribution is -0.524. The highest BCUT2D eigenvalue weighted by Crippen LogP contribution is 2.02. The Balaban J connectivity index is 2.19. The maximum atomic E-state index is 9.84. The molecule has 5 heteroatoms. The molecule has 0 aromatic rings. The molecule has 1 aliphatic rings. The molecule has 0 aromatic carbocycles. The quantitative estimate of drug-likeness (QED) is 0.387. The summed E-state index contributed by atoms with van der Waals surface area (Å²) in [5, 5.41) is 11.2. The fourth-order valence-corrected chi connectivity index (χ4v) is 0.739. The Hall–Kier alpha value is -0.680. The van der Waals surface area contributed by atoms with Crippen LogP contribution in [0.3, 0.4) is 0 Å². The molecule has 0 saturated carbocycles. The third kappa shape index (κ3) is 1.95. The van der Waals surface area contributed by atoms with Crippen LogP contribution in [0, 0.1) is 10.1 Å². The van der Waals surface area contributed by atoms with Gasteiger partial charge in [0.1, 0.15) is 0 Å². The summed E-state index contributed by atoms with van der Waals surface area (Å²) >= 11 is 0. The van der Waals surface area contributed by atoms with Gasteiger partial charge in [-0.25, -0.2) is 0 Å². The summed E-state index contributed by atoms with van der Waals surface area (Å²) < 4.78 is 0. The lowest BCUT2D eigenvalue weighted by Crippen LogP contribution is -2.24. The van der Waals surface area contributed by atoms with Crippen molar-refractivity contribution < 1.29 is 9.76 Å². The Labute approximate surface area is 52.3 Å². The van der Waals surface area contributed by atoms with Crippen LogP contribution in [0.1, 0.15) is 6.42 Å². The molecule has 0 atom stereocenters. The highest BCUT2D eigenvalue weighted by atomic mass is 16.7. The Morgan fingerprint density at radius 1 is 1.78 bits per heavy atom. The monoisotopic (exact) mass is 132 g/mol. The van der Waals surface area contributed by atoms with Gasteiger partial charge in [0.05, 0.1) is 6.61 Å². The van der Waals surface area contributed by atoms with E-state index in [1.54, 1.807) is 0 Å². The zero-order chi connectivity index (χ0) is 6.69. The SMILES string of the molecule is O=[N+]([O-])CN1CCCO1. The van der Waals surface area contributed by atoms with Gasteiger partial charge in [0.15, 0.2) is 0 Å². The Bertz CT molecular complexity index is 110. The van der Waals surface area contributed by atoms with Gasteiger partial charge in [-0.2, -0.15) is 0 Å². The van der Waals surface area contributed by atoms with Crippen LogP contribution in [-0.2, 0) is 4.84 Å². The molecule has 0 amide bonds. The van der Waals surface area contributed by atoms with E-state index in [1.165, 1.54) is 5.06 Å². The van der Waals surface area contributed by atoms with Gasteiger partial charge in [-0.3, -0.25) is 15.0 Å². The van der Waals surface area contributed by atoms with E-state index in [1.807, 2.05) is 0 Å². The first-order chi connectivity index (χ1) is 4.29. The van der Waals surface area contributed by atoms with Crippen molar-refractivity contribution >= 4 is 0 Å². The average molecular weight is 132 g/mol. The highest BCUT2D eigenvalue weighted by molar-refractivity contribution is 4.47. The Kier molecular flexibility index (Phi) is 1.96. The standard InChI is InChI=1S/C4H8N2O3/c7-6(8)4-5-2-1-3-9-5/h1-4H2. The molecule has 1 rings (SSSR count). The highest BCUT2D eigenvalue weighted by Gasteiger charge is 2.16. The number of hydrogen-bond donors (Lipinski definition) is 0. The first kappa shape index (κ1) is 6.44. The van der Waals surface area contributed by atoms with Gasteiger partial charge in [-0.15, -0.1) is 5.06 Å². The lowest BCUT2D eigenvalue weighted by atomic mass is 10.5. The van der Waals surface area contributed by atoms with E-state index in [9.17, 15) is 10.1 Å². The molecule has 0 aliphatic carbocycles. The number of hydrogen-bond acceptors (Lipinski definition) is 4. The van der Waals surface area contributed by atoms with Crippen molar-refractivity contribution in [3.8, 4) is 0 Å². The number of rotatable bonds is 2. The van der Waals surface area contributed by atoms with Crippen molar-refractivity contribution in [1.82, 2.24) is 5.06 Å². The fraction of sp³-hybridized carbons (Fsp3) is 1.00. The number of hydroxylamine groups is 2. The fourth-order valence-electron chi connectivity index (χ4n) is 0.739. The second-order valence-corrected chi connectivity index (χ2v) is 1.87.